The molecule has 0 radical (unpaired) electrons. The topological polar surface area (TPSA) is 89.7 Å². The third-order valence-electron chi connectivity index (χ3n) is 5.77. The standard InChI is InChI=1S/C19H25NO5/c21-18(22)14-9-10-16(20(23)24)17(13-14)25-19(11-5-2-6-12-19)15-7-3-1-4-8-15/h9-10,13,15H,1-8,11-12H2,(H,21,22). The van der Waals surface area contributed by atoms with Gasteiger partial charge in [-0.15, -0.1) is 0 Å². The highest BCUT2D eigenvalue weighted by Crippen LogP contribution is 2.46. The summed E-state index contributed by atoms with van der Waals surface area (Å²) in [5, 5.41) is 20.6. The summed E-state index contributed by atoms with van der Waals surface area (Å²) in [6.07, 6.45) is 10.8. The Hall–Kier alpha value is -2.11. The summed E-state index contributed by atoms with van der Waals surface area (Å²) < 4.78 is 6.36. The van der Waals surface area contributed by atoms with Crippen LogP contribution in [0.4, 0.5) is 5.69 Å². The van der Waals surface area contributed by atoms with Gasteiger partial charge in [-0.25, -0.2) is 4.79 Å². The van der Waals surface area contributed by atoms with E-state index in [9.17, 15) is 20.0 Å². The average molecular weight is 347 g/mol. The first-order chi connectivity index (χ1) is 12.0. The van der Waals surface area contributed by atoms with Crippen molar-refractivity contribution in [3.63, 3.8) is 0 Å². The first kappa shape index (κ1) is 17.7. The van der Waals surface area contributed by atoms with Crippen LogP contribution in [0.3, 0.4) is 0 Å². The molecule has 3 rings (SSSR count). The minimum Gasteiger partial charge on any atom is -0.480 e. The van der Waals surface area contributed by atoms with E-state index in [0.717, 1.165) is 44.9 Å². The lowest BCUT2D eigenvalue weighted by Gasteiger charge is -2.45. The van der Waals surface area contributed by atoms with Gasteiger partial charge in [0.05, 0.1) is 10.5 Å². The Balaban J connectivity index is 1.96. The second kappa shape index (κ2) is 7.42. The molecule has 1 aromatic carbocycles. The summed E-state index contributed by atoms with van der Waals surface area (Å²) in [4.78, 5) is 22.2. The lowest BCUT2D eigenvalue weighted by atomic mass is 9.69. The predicted octanol–water partition coefficient (Wildman–Crippen LogP) is 4.96. The van der Waals surface area contributed by atoms with E-state index < -0.39 is 10.9 Å². The van der Waals surface area contributed by atoms with Crippen molar-refractivity contribution in [3.8, 4) is 5.75 Å². The highest BCUT2D eigenvalue weighted by atomic mass is 16.6. The molecule has 0 bridgehead atoms. The number of ether oxygens (including phenoxy) is 1. The van der Waals surface area contributed by atoms with Crippen LogP contribution < -0.4 is 4.74 Å². The molecule has 2 fully saturated rings. The Kier molecular flexibility index (Phi) is 5.25. The molecule has 0 unspecified atom stereocenters. The lowest BCUT2D eigenvalue weighted by Crippen LogP contribution is -2.46. The Bertz CT molecular complexity index is 645. The molecule has 0 amide bonds. The maximum absolute atomic E-state index is 11.4. The number of rotatable bonds is 5. The maximum Gasteiger partial charge on any atom is 0.335 e. The first-order valence-electron chi connectivity index (χ1n) is 9.23. The number of nitrogens with zero attached hydrogens (tertiary/aromatic N) is 1. The fourth-order valence-electron chi connectivity index (χ4n) is 4.47. The molecule has 2 saturated carbocycles. The van der Waals surface area contributed by atoms with E-state index in [0.29, 0.717) is 5.92 Å². The van der Waals surface area contributed by atoms with Gasteiger partial charge in [0.1, 0.15) is 5.60 Å². The fourth-order valence-corrected chi connectivity index (χ4v) is 4.47. The van der Waals surface area contributed by atoms with Crippen molar-refractivity contribution >= 4 is 11.7 Å². The molecule has 2 aliphatic carbocycles. The van der Waals surface area contributed by atoms with Crippen LogP contribution in [0.5, 0.6) is 5.75 Å². The largest absolute Gasteiger partial charge is 0.480 e. The molecular weight excluding hydrogens is 322 g/mol. The molecule has 0 spiro atoms. The molecule has 0 aromatic heterocycles. The summed E-state index contributed by atoms with van der Waals surface area (Å²) in [5.41, 5.74) is -0.512. The summed E-state index contributed by atoms with van der Waals surface area (Å²) in [6.45, 7) is 0. The summed E-state index contributed by atoms with van der Waals surface area (Å²) >= 11 is 0. The molecule has 6 nitrogen and oxygen atoms in total. The Morgan fingerprint density at radius 2 is 1.76 bits per heavy atom. The van der Waals surface area contributed by atoms with Crippen LogP contribution in [0, 0.1) is 16.0 Å². The third-order valence-corrected chi connectivity index (χ3v) is 5.77. The van der Waals surface area contributed by atoms with Crippen molar-refractivity contribution in [2.75, 3.05) is 0 Å². The molecule has 25 heavy (non-hydrogen) atoms. The van der Waals surface area contributed by atoms with Crippen LogP contribution >= 0.6 is 0 Å². The highest BCUT2D eigenvalue weighted by molar-refractivity contribution is 5.88. The first-order valence-corrected chi connectivity index (χ1v) is 9.23. The van der Waals surface area contributed by atoms with Gasteiger partial charge in [0.15, 0.2) is 5.75 Å². The van der Waals surface area contributed by atoms with Crippen molar-refractivity contribution < 1.29 is 19.6 Å². The predicted molar refractivity (Wildman–Crippen MR) is 93.1 cm³/mol. The number of carboxylic acids is 1. The minimum absolute atomic E-state index is 0.0233. The van der Waals surface area contributed by atoms with Gasteiger partial charge in [0.25, 0.3) is 0 Å². The summed E-state index contributed by atoms with van der Waals surface area (Å²) in [6, 6.07) is 3.83. The Morgan fingerprint density at radius 3 is 2.36 bits per heavy atom. The summed E-state index contributed by atoms with van der Waals surface area (Å²) in [5.74, 6) is -0.595. The van der Waals surface area contributed by atoms with E-state index in [1.54, 1.807) is 0 Å². The van der Waals surface area contributed by atoms with E-state index in [1.807, 2.05) is 0 Å². The number of carbonyl (C=O) groups is 1. The van der Waals surface area contributed by atoms with Crippen molar-refractivity contribution in [3.05, 3.63) is 33.9 Å². The van der Waals surface area contributed by atoms with Gasteiger partial charge in [0, 0.05) is 12.1 Å². The Labute approximate surface area is 147 Å². The van der Waals surface area contributed by atoms with Crippen LogP contribution in [0.2, 0.25) is 0 Å². The second-order valence-electron chi connectivity index (χ2n) is 7.31. The van der Waals surface area contributed by atoms with Gasteiger partial charge in [-0.1, -0.05) is 25.7 Å². The molecule has 0 saturated heterocycles. The second-order valence-corrected chi connectivity index (χ2v) is 7.31. The molecule has 136 valence electrons. The van der Waals surface area contributed by atoms with Crippen LogP contribution in [-0.2, 0) is 0 Å². The van der Waals surface area contributed by atoms with Gasteiger partial charge in [-0.05, 0) is 50.5 Å². The van der Waals surface area contributed by atoms with Gasteiger partial charge in [-0.3, -0.25) is 10.1 Å². The number of benzene rings is 1. The number of carboxylic acid groups (broad SMARTS) is 1. The third kappa shape index (κ3) is 3.78. The fraction of sp³-hybridized carbons (Fsp3) is 0.632. The van der Waals surface area contributed by atoms with Crippen molar-refractivity contribution in [1.82, 2.24) is 0 Å². The summed E-state index contributed by atoms with van der Waals surface area (Å²) in [7, 11) is 0. The van der Waals surface area contributed by atoms with E-state index in [1.165, 1.54) is 37.5 Å². The zero-order valence-electron chi connectivity index (χ0n) is 14.4. The van der Waals surface area contributed by atoms with E-state index in [2.05, 4.69) is 0 Å². The van der Waals surface area contributed by atoms with Crippen LogP contribution in [-0.4, -0.2) is 21.6 Å². The normalized spacial score (nSPS) is 20.8. The molecule has 6 heteroatoms. The van der Waals surface area contributed by atoms with Crippen molar-refractivity contribution in [2.45, 2.75) is 69.8 Å². The van der Waals surface area contributed by atoms with Crippen molar-refractivity contribution in [1.29, 1.82) is 0 Å². The molecule has 0 heterocycles. The van der Waals surface area contributed by atoms with E-state index >= 15 is 0 Å². The van der Waals surface area contributed by atoms with Gasteiger partial charge in [0.2, 0.25) is 0 Å². The van der Waals surface area contributed by atoms with Gasteiger partial charge >= 0.3 is 11.7 Å². The van der Waals surface area contributed by atoms with Crippen LogP contribution in [0.1, 0.15) is 74.6 Å². The highest BCUT2D eigenvalue weighted by Gasteiger charge is 2.43. The number of nitro groups is 1. The zero-order valence-corrected chi connectivity index (χ0v) is 14.4. The molecule has 1 N–H and O–H groups in total. The monoisotopic (exact) mass is 347 g/mol. The van der Waals surface area contributed by atoms with Gasteiger partial charge in [-0.2, -0.15) is 0 Å². The molecule has 0 aliphatic heterocycles. The average Bonchev–Trinajstić information content (AvgIpc) is 2.63. The van der Waals surface area contributed by atoms with E-state index in [4.69, 9.17) is 4.74 Å². The SMILES string of the molecule is O=C(O)c1ccc([N+](=O)[O-])c(OC2(C3CCCCC3)CCCCC2)c1. The number of hydrogen-bond donors (Lipinski definition) is 1. The lowest BCUT2D eigenvalue weighted by molar-refractivity contribution is -0.386. The minimum atomic E-state index is -1.10. The van der Waals surface area contributed by atoms with Crippen molar-refractivity contribution in [2.24, 2.45) is 5.92 Å². The number of hydrogen-bond acceptors (Lipinski definition) is 4. The van der Waals surface area contributed by atoms with Crippen LogP contribution in [0.25, 0.3) is 0 Å². The number of aromatic carboxylic acids is 1. The van der Waals surface area contributed by atoms with E-state index in [-0.39, 0.29) is 22.6 Å². The van der Waals surface area contributed by atoms with Gasteiger partial charge < -0.3 is 9.84 Å². The smallest absolute Gasteiger partial charge is 0.335 e. The molecule has 0 atom stereocenters. The molecule has 1 aromatic rings. The number of nitro benzene ring substituents is 1. The van der Waals surface area contributed by atoms with Crippen LogP contribution in [0.15, 0.2) is 18.2 Å². The zero-order chi connectivity index (χ0) is 17.9. The Morgan fingerprint density at radius 1 is 1.12 bits per heavy atom. The molecular formula is C19H25NO5. The molecule has 2 aliphatic rings. The quantitative estimate of drug-likeness (QED) is 0.601. The maximum atomic E-state index is 11.4.